The molecule has 1 aliphatic rings. The second kappa shape index (κ2) is 10.4. The van der Waals surface area contributed by atoms with Gasteiger partial charge in [-0.25, -0.2) is 18.3 Å². The number of hydrogen-bond acceptors (Lipinski definition) is 11. The number of benzene rings is 2. The van der Waals surface area contributed by atoms with Crippen molar-refractivity contribution in [2.24, 2.45) is 5.14 Å². The fourth-order valence-electron chi connectivity index (χ4n) is 3.15. The highest BCUT2D eigenvalue weighted by molar-refractivity contribution is 7.97. The van der Waals surface area contributed by atoms with Crippen molar-refractivity contribution < 1.29 is 28.3 Å². The van der Waals surface area contributed by atoms with Gasteiger partial charge in [-0.3, -0.25) is 0 Å². The van der Waals surface area contributed by atoms with Crippen LogP contribution in [0.2, 0.25) is 5.02 Å². The molecule has 0 amide bonds. The minimum atomic E-state index is -3.96. The molecule has 1 unspecified atom stereocenters. The molecule has 0 spiro atoms. The van der Waals surface area contributed by atoms with Crippen molar-refractivity contribution in [2.75, 3.05) is 5.32 Å². The number of halogens is 1. The zero-order valence-electron chi connectivity index (χ0n) is 16.7. The van der Waals surface area contributed by atoms with Crippen molar-refractivity contribution in [2.45, 2.75) is 42.0 Å². The summed E-state index contributed by atoms with van der Waals surface area (Å²) in [7, 11) is -3.96. The minimum Gasteiger partial charge on any atom is -0.368 e. The highest BCUT2D eigenvalue weighted by atomic mass is 35.5. The number of rotatable bonds is 10. The molecule has 1 aliphatic heterocycles. The molecule has 2 aromatic carbocycles. The van der Waals surface area contributed by atoms with Gasteiger partial charge >= 0.3 is 0 Å². The van der Waals surface area contributed by atoms with E-state index in [2.05, 4.69) is 19.7 Å². The van der Waals surface area contributed by atoms with Gasteiger partial charge in [-0.15, -0.1) is 20.2 Å². The van der Waals surface area contributed by atoms with E-state index in [9.17, 15) is 28.6 Å². The molecular weight excluding hydrogens is 502 g/mol. The van der Waals surface area contributed by atoms with E-state index >= 15 is 0 Å². The number of nitrogens with zero attached hydrogens (tertiary/aromatic N) is 2. The first-order valence-electron chi connectivity index (χ1n) is 9.23. The van der Waals surface area contributed by atoms with E-state index in [0.717, 1.165) is 5.56 Å². The molecular formula is C17H18ClN5O8S2. The number of primary sulfonamides is 1. The summed E-state index contributed by atoms with van der Waals surface area (Å²) in [6.45, 7) is -0.610. The van der Waals surface area contributed by atoms with E-state index in [4.69, 9.17) is 16.7 Å². The Morgan fingerprint density at radius 3 is 2.15 bits per heavy atom. The first kappa shape index (κ1) is 24.8. The van der Waals surface area contributed by atoms with Crippen molar-refractivity contribution in [1.82, 2.24) is 4.72 Å². The SMILES string of the molecule is NS(=O)(=O)c1cc2c(cc1Cl)NC(CCc1cc(CO[N+](=O)[O-])cc(CO[N+](=O)[O-])c1)NS2. The van der Waals surface area contributed by atoms with Crippen molar-refractivity contribution in [3.8, 4) is 0 Å². The lowest BCUT2D eigenvalue weighted by atomic mass is 10.0. The van der Waals surface area contributed by atoms with Crippen LogP contribution < -0.4 is 15.2 Å². The molecule has 4 N–H and O–H groups in total. The molecule has 2 aromatic rings. The Hall–Kier alpha value is -2.85. The van der Waals surface area contributed by atoms with Gasteiger partial charge in [-0.2, -0.15) is 0 Å². The molecule has 178 valence electrons. The molecule has 0 aliphatic carbocycles. The molecule has 0 saturated carbocycles. The topological polar surface area (TPSA) is 189 Å². The molecule has 0 fully saturated rings. The van der Waals surface area contributed by atoms with Crippen LogP contribution in [0.4, 0.5) is 5.69 Å². The van der Waals surface area contributed by atoms with Crippen molar-refractivity contribution >= 4 is 39.3 Å². The maximum atomic E-state index is 11.6. The van der Waals surface area contributed by atoms with Gasteiger partial charge < -0.3 is 15.0 Å². The Morgan fingerprint density at radius 2 is 1.61 bits per heavy atom. The van der Waals surface area contributed by atoms with Crippen LogP contribution in [0.1, 0.15) is 23.1 Å². The normalized spacial score (nSPS) is 15.3. The lowest BCUT2D eigenvalue weighted by molar-refractivity contribution is -0.763. The van der Waals surface area contributed by atoms with E-state index in [-0.39, 0.29) is 29.3 Å². The highest BCUT2D eigenvalue weighted by Gasteiger charge is 2.23. The fraction of sp³-hybridized carbons (Fsp3) is 0.294. The predicted molar refractivity (Wildman–Crippen MR) is 118 cm³/mol. The van der Waals surface area contributed by atoms with E-state index in [1.54, 1.807) is 12.1 Å². The zero-order valence-corrected chi connectivity index (χ0v) is 19.1. The molecule has 0 saturated heterocycles. The average Bonchev–Trinajstić information content (AvgIpc) is 2.73. The third-order valence-corrected chi connectivity index (χ3v) is 6.82. The summed E-state index contributed by atoms with van der Waals surface area (Å²) in [4.78, 5) is 30.2. The maximum Gasteiger partial charge on any atom is 0.294 e. The molecule has 0 aromatic heterocycles. The van der Waals surface area contributed by atoms with Crippen LogP contribution in [-0.4, -0.2) is 24.8 Å². The molecule has 13 nitrogen and oxygen atoms in total. The van der Waals surface area contributed by atoms with E-state index in [1.807, 2.05) is 0 Å². The Morgan fingerprint density at radius 1 is 1.03 bits per heavy atom. The van der Waals surface area contributed by atoms with Gasteiger partial charge in [0.15, 0.2) is 0 Å². The second-order valence-electron chi connectivity index (χ2n) is 6.93. The van der Waals surface area contributed by atoms with Crippen molar-refractivity contribution in [1.29, 1.82) is 0 Å². The van der Waals surface area contributed by atoms with Crippen LogP contribution in [0.5, 0.6) is 0 Å². The Bertz CT molecular complexity index is 1140. The number of nitrogens with two attached hydrogens (primary N) is 1. The van der Waals surface area contributed by atoms with Crippen LogP contribution in [0, 0.1) is 20.2 Å². The van der Waals surface area contributed by atoms with Crippen LogP contribution in [-0.2, 0) is 39.3 Å². The number of fused-ring (bicyclic) bond motifs is 1. The zero-order chi connectivity index (χ0) is 24.2. The van der Waals surface area contributed by atoms with Crippen LogP contribution in [0.3, 0.4) is 0 Å². The molecule has 16 heteroatoms. The first-order chi connectivity index (χ1) is 15.5. The van der Waals surface area contributed by atoms with Gasteiger partial charge in [0.05, 0.1) is 16.9 Å². The number of aryl methyl sites for hydroxylation is 1. The molecule has 1 atom stereocenters. The van der Waals surface area contributed by atoms with Gasteiger partial charge in [0, 0.05) is 4.90 Å². The van der Waals surface area contributed by atoms with Gasteiger partial charge in [-0.05, 0) is 53.6 Å². The summed E-state index contributed by atoms with van der Waals surface area (Å²) in [6, 6.07) is 7.82. The predicted octanol–water partition coefficient (Wildman–Crippen LogP) is 2.39. The van der Waals surface area contributed by atoms with E-state index in [1.165, 1.54) is 30.1 Å². The van der Waals surface area contributed by atoms with Gasteiger partial charge in [0.2, 0.25) is 10.0 Å². The number of nitrogens with one attached hydrogen (secondary N) is 2. The summed E-state index contributed by atoms with van der Waals surface area (Å²) in [6.07, 6.45) is 0.827. The van der Waals surface area contributed by atoms with Gasteiger partial charge in [0.1, 0.15) is 18.1 Å². The van der Waals surface area contributed by atoms with Crippen molar-refractivity contribution in [3.05, 3.63) is 72.3 Å². The summed E-state index contributed by atoms with van der Waals surface area (Å²) < 4.78 is 26.4. The Balaban J connectivity index is 1.70. The molecule has 0 radical (unpaired) electrons. The number of sulfonamides is 1. The Labute approximate surface area is 197 Å². The van der Waals surface area contributed by atoms with E-state index < -0.39 is 20.2 Å². The summed E-state index contributed by atoms with van der Waals surface area (Å²) in [5.41, 5.74) is 2.34. The summed E-state index contributed by atoms with van der Waals surface area (Å²) in [5, 5.41) is 27.5. The molecule has 1 heterocycles. The maximum absolute atomic E-state index is 11.6. The monoisotopic (exact) mass is 519 g/mol. The summed E-state index contributed by atoms with van der Waals surface area (Å²) in [5.74, 6) is 0. The standard InChI is InChI=1S/C17H18ClN5O8S2/c18-13-6-14-15(7-16(13)33(19,28)29)32-21-17(20-14)2-1-10-3-11(8-30-22(24)25)5-12(4-10)9-31-23(26)27/h3-7,17,20-21H,1-2,8-9H2,(H2,19,28,29). The molecule has 0 bridgehead atoms. The van der Waals surface area contributed by atoms with Crippen molar-refractivity contribution in [3.63, 3.8) is 0 Å². The quantitative estimate of drug-likeness (QED) is 0.237. The summed E-state index contributed by atoms with van der Waals surface area (Å²) >= 11 is 7.28. The van der Waals surface area contributed by atoms with Gasteiger partial charge in [0.25, 0.3) is 10.2 Å². The van der Waals surface area contributed by atoms with Crippen LogP contribution >= 0.6 is 23.5 Å². The molecule has 3 rings (SSSR count). The lowest BCUT2D eigenvalue weighted by Gasteiger charge is -2.28. The molecule has 33 heavy (non-hydrogen) atoms. The third kappa shape index (κ3) is 7.06. The number of hydrogen-bond donors (Lipinski definition) is 3. The van der Waals surface area contributed by atoms with Crippen LogP contribution in [0.25, 0.3) is 0 Å². The highest BCUT2D eigenvalue weighted by Crippen LogP contribution is 2.36. The first-order valence-corrected chi connectivity index (χ1v) is 12.0. The van der Waals surface area contributed by atoms with E-state index in [0.29, 0.717) is 34.6 Å². The largest absolute Gasteiger partial charge is 0.368 e. The average molecular weight is 520 g/mol. The smallest absolute Gasteiger partial charge is 0.294 e. The number of anilines is 1. The Kier molecular flexibility index (Phi) is 7.80. The van der Waals surface area contributed by atoms with Crippen LogP contribution in [0.15, 0.2) is 40.1 Å². The third-order valence-electron chi connectivity index (χ3n) is 4.49. The minimum absolute atomic E-state index is 0.000997. The lowest BCUT2D eigenvalue weighted by Crippen LogP contribution is -2.35. The fourth-order valence-corrected chi connectivity index (χ4v) is 5.17. The second-order valence-corrected chi connectivity index (χ2v) is 9.75. The van der Waals surface area contributed by atoms with Gasteiger partial charge in [-0.1, -0.05) is 29.8 Å².